The lowest BCUT2D eigenvalue weighted by Crippen LogP contribution is -2.48. The summed E-state index contributed by atoms with van der Waals surface area (Å²) in [5.74, 6) is -0.206. The van der Waals surface area contributed by atoms with Gasteiger partial charge in [0.05, 0.1) is 4.90 Å². The van der Waals surface area contributed by atoms with Crippen LogP contribution in [-0.4, -0.2) is 63.4 Å². The first-order chi connectivity index (χ1) is 16.5. The molecule has 0 aromatic heterocycles. The second-order valence-electron chi connectivity index (χ2n) is 8.36. The van der Waals surface area contributed by atoms with Gasteiger partial charge in [0.15, 0.2) is 0 Å². The highest BCUT2D eigenvalue weighted by molar-refractivity contribution is 7.92. The molecule has 178 valence electrons. The molecule has 2 N–H and O–H groups in total. The molecule has 1 amide bonds. The third-order valence-electron chi connectivity index (χ3n) is 5.88. The van der Waals surface area contributed by atoms with E-state index in [1.54, 1.807) is 24.3 Å². The van der Waals surface area contributed by atoms with Gasteiger partial charge in [-0.15, -0.1) is 0 Å². The summed E-state index contributed by atoms with van der Waals surface area (Å²) in [5.41, 5.74) is 2.26. The molecule has 0 aliphatic carbocycles. The fourth-order valence-electron chi connectivity index (χ4n) is 3.95. The summed E-state index contributed by atoms with van der Waals surface area (Å²) in [5, 5.41) is 2.94. The number of para-hydroxylation sites is 1. The van der Waals surface area contributed by atoms with Crippen LogP contribution in [0.25, 0.3) is 0 Å². The van der Waals surface area contributed by atoms with Gasteiger partial charge in [-0.05, 0) is 42.0 Å². The van der Waals surface area contributed by atoms with Crippen LogP contribution in [0.3, 0.4) is 0 Å². The Morgan fingerprint density at radius 2 is 1.35 bits per heavy atom. The second kappa shape index (κ2) is 11.3. The molecule has 0 spiro atoms. The molecular weight excluding hydrogens is 448 g/mol. The number of sulfonamides is 1. The number of carbonyl (C=O) groups is 1. The van der Waals surface area contributed by atoms with Crippen LogP contribution in [0.4, 0.5) is 5.69 Å². The summed E-state index contributed by atoms with van der Waals surface area (Å²) < 4.78 is 27.6. The summed E-state index contributed by atoms with van der Waals surface area (Å²) >= 11 is 0. The van der Waals surface area contributed by atoms with Gasteiger partial charge in [0.1, 0.15) is 0 Å². The number of piperazine rings is 1. The van der Waals surface area contributed by atoms with E-state index in [0.717, 1.165) is 39.3 Å². The third-order valence-corrected chi connectivity index (χ3v) is 7.28. The van der Waals surface area contributed by atoms with Gasteiger partial charge >= 0.3 is 0 Å². The van der Waals surface area contributed by atoms with Crippen molar-refractivity contribution in [3.05, 3.63) is 96.1 Å². The van der Waals surface area contributed by atoms with Crippen LogP contribution in [0.1, 0.15) is 15.9 Å². The number of nitrogens with one attached hydrogen (secondary N) is 2. The fraction of sp³-hybridized carbons (Fsp3) is 0.269. The molecule has 0 radical (unpaired) electrons. The van der Waals surface area contributed by atoms with E-state index in [0.29, 0.717) is 17.8 Å². The maximum absolute atomic E-state index is 12.5. The van der Waals surface area contributed by atoms with E-state index in [9.17, 15) is 13.2 Å². The van der Waals surface area contributed by atoms with Gasteiger partial charge in [0.2, 0.25) is 0 Å². The van der Waals surface area contributed by atoms with E-state index in [2.05, 4.69) is 44.1 Å². The first-order valence-electron chi connectivity index (χ1n) is 11.4. The zero-order chi connectivity index (χ0) is 23.8. The average Bonchev–Trinajstić information content (AvgIpc) is 2.86. The van der Waals surface area contributed by atoms with Crippen LogP contribution in [0.2, 0.25) is 0 Å². The smallest absolute Gasteiger partial charge is 0.261 e. The number of carbonyl (C=O) groups excluding carboxylic acids is 1. The topological polar surface area (TPSA) is 81.8 Å². The van der Waals surface area contributed by atoms with Gasteiger partial charge in [-0.2, -0.15) is 0 Å². The Kier molecular flexibility index (Phi) is 7.95. The quantitative estimate of drug-likeness (QED) is 0.494. The standard InChI is InChI=1S/C26H30N4O3S/c31-26(23-11-13-25(14-12-23)34(32,33)28-24-9-5-2-6-10-24)27-15-16-29-17-19-30(20-18-29)21-22-7-3-1-4-8-22/h1-14,28H,15-21H2,(H,27,31). The number of benzene rings is 3. The van der Waals surface area contributed by atoms with E-state index < -0.39 is 10.0 Å². The van der Waals surface area contributed by atoms with E-state index >= 15 is 0 Å². The molecule has 7 nitrogen and oxygen atoms in total. The molecule has 0 unspecified atom stereocenters. The van der Waals surface area contributed by atoms with Gasteiger partial charge in [0, 0.05) is 57.1 Å². The number of hydrogen-bond donors (Lipinski definition) is 2. The van der Waals surface area contributed by atoms with Gasteiger partial charge in [0.25, 0.3) is 15.9 Å². The van der Waals surface area contributed by atoms with Crippen molar-refractivity contribution in [1.82, 2.24) is 15.1 Å². The second-order valence-corrected chi connectivity index (χ2v) is 10.0. The Morgan fingerprint density at radius 1 is 0.765 bits per heavy atom. The van der Waals surface area contributed by atoms with Crippen molar-refractivity contribution in [2.24, 2.45) is 0 Å². The van der Waals surface area contributed by atoms with Crippen LogP contribution >= 0.6 is 0 Å². The number of nitrogens with zero attached hydrogens (tertiary/aromatic N) is 2. The molecule has 1 fully saturated rings. The summed E-state index contributed by atoms with van der Waals surface area (Å²) in [6.07, 6.45) is 0. The largest absolute Gasteiger partial charge is 0.351 e. The summed E-state index contributed by atoms with van der Waals surface area (Å²) in [6, 6.07) is 25.2. The number of anilines is 1. The minimum absolute atomic E-state index is 0.112. The van der Waals surface area contributed by atoms with Crippen molar-refractivity contribution >= 4 is 21.6 Å². The van der Waals surface area contributed by atoms with E-state index in [1.165, 1.54) is 29.8 Å². The maximum atomic E-state index is 12.5. The molecule has 1 heterocycles. The maximum Gasteiger partial charge on any atom is 0.261 e. The Morgan fingerprint density at radius 3 is 2.00 bits per heavy atom. The van der Waals surface area contributed by atoms with Crippen molar-refractivity contribution < 1.29 is 13.2 Å². The Bertz CT molecular complexity index is 1160. The van der Waals surface area contributed by atoms with Crippen molar-refractivity contribution in [1.29, 1.82) is 0 Å². The SMILES string of the molecule is O=C(NCCN1CCN(Cc2ccccc2)CC1)c1ccc(S(=O)(=O)Nc2ccccc2)cc1. The third kappa shape index (κ3) is 6.66. The Balaban J connectivity index is 1.20. The van der Waals surface area contributed by atoms with Crippen molar-refractivity contribution in [2.75, 3.05) is 44.0 Å². The lowest BCUT2D eigenvalue weighted by Gasteiger charge is -2.34. The lowest BCUT2D eigenvalue weighted by atomic mass is 10.2. The van der Waals surface area contributed by atoms with Crippen LogP contribution in [-0.2, 0) is 16.6 Å². The Labute approximate surface area is 201 Å². The zero-order valence-corrected chi connectivity index (χ0v) is 19.9. The molecular formula is C26H30N4O3S. The van der Waals surface area contributed by atoms with E-state index in [-0.39, 0.29) is 10.8 Å². The van der Waals surface area contributed by atoms with Crippen LogP contribution in [0.5, 0.6) is 0 Å². The lowest BCUT2D eigenvalue weighted by molar-refractivity contribution is 0.0934. The first-order valence-corrected chi connectivity index (χ1v) is 12.9. The van der Waals surface area contributed by atoms with Crippen molar-refractivity contribution in [3.63, 3.8) is 0 Å². The predicted molar refractivity (Wildman–Crippen MR) is 134 cm³/mol. The van der Waals surface area contributed by atoms with Crippen LogP contribution in [0, 0.1) is 0 Å². The molecule has 0 saturated carbocycles. The van der Waals surface area contributed by atoms with Gasteiger partial charge in [-0.25, -0.2) is 8.42 Å². The van der Waals surface area contributed by atoms with Crippen LogP contribution < -0.4 is 10.0 Å². The molecule has 3 aromatic rings. The van der Waals surface area contributed by atoms with Gasteiger partial charge < -0.3 is 5.32 Å². The minimum atomic E-state index is -3.70. The summed E-state index contributed by atoms with van der Waals surface area (Å²) in [4.78, 5) is 17.4. The summed E-state index contributed by atoms with van der Waals surface area (Å²) in [7, 11) is -3.70. The first kappa shape index (κ1) is 23.9. The number of amides is 1. The normalized spacial score (nSPS) is 15.1. The van der Waals surface area contributed by atoms with Crippen LogP contribution in [0.15, 0.2) is 89.8 Å². The molecule has 34 heavy (non-hydrogen) atoms. The molecule has 8 heteroatoms. The molecule has 1 aliphatic heterocycles. The molecule has 4 rings (SSSR count). The Hall–Kier alpha value is -3.20. The molecule has 1 aliphatic rings. The van der Waals surface area contributed by atoms with Gasteiger partial charge in [-0.1, -0.05) is 48.5 Å². The highest BCUT2D eigenvalue weighted by Gasteiger charge is 2.18. The number of hydrogen-bond acceptors (Lipinski definition) is 5. The zero-order valence-electron chi connectivity index (χ0n) is 19.1. The molecule has 1 saturated heterocycles. The predicted octanol–water partition coefficient (Wildman–Crippen LogP) is 3.04. The van der Waals surface area contributed by atoms with E-state index in [4.69, 9.17) is 0 Å². The summed E-state index contributed by atoms with van der Waals surface area (Å²) in [6.45, 7) is 6.28. The minimum Gasteiger partial charge on any atom is -0.351 e. The number of rotatable bonds is 9. The highest BCUT2D eigenvalue weighted by atomic mass is 32.2. The van der Waals surface area contributed by atoms with Crippen molar-refractivity contribution in [3.8, 4) is 0 Å². The molecule has 3 aromatic carbocycles. The highest BCUT2D eigenvalue weighted by Crippen LogP contribution is 2.16. The average molecular weight is 479 g/mol. The van der Waals surface area contributed by atoms with Gasteiger partial charge in [-0.3, -0.25) is 19.3 Å². The molecule has 0 bridgehead atoms. The fourth-order valence-corrected chi connectivity index (χ4v) is 5.01. The molecule has 0 atom stereocenters. The van der Waals surface area contributed by atoms with E-state index in [1.807, 2.05) is 12.1 Å². The monoisotopic (exact) mass is 478 g/mol. The van der Waals surface area contributed by atoms with Crippen molar-refractivity contribution in [2.45, 2.75) is 11.4 Å².